The normalized spacial score (nSPS) is 23.9. The number of carbonyl (C=O) groups excluding carboxylic acids is 1. The summed E-state index contributed by atoms with van der Waals surface area (Å²) in [7, 11) is 1.65. The molecule has 110 valence electrons. The summed E-state index contributed by atoms with van der Waals surface area (Å²) in [5, 5.41) is 6.49. The molecule has 0 radical (unpaired) electrons. The van der Waals surface area contributed by atoms with Crippen LogP contribution < -0.4 is 15.4 Å². The van der Waals surface area contributed by atoms with Crippen molar-refractivity contribution in [1.82, 2.24) is 10.6 Å². The van der Waals surface area contributed by atoms with Crippen LogP contribution in [0.1, 0.15) is 38.3 Å². The first-order valence-electron chi connectivity index (χ1n) is 7.28. The van der Waals surface area contributed by atoms with E-state index in [9.17, 15) is 4.79 Å². The van der Waals surface area contributed by atoms with Crippen molar-refractivity contribution in [3.63, 3.8) is 0 Å². The van der Waals surface area contributed by atoms with E-state index in [0.717, 1.165) is 30.7 Å². The van der Waals surface area contributed by atoms with Crippen LogP contribution in [-0.4, -0.2) is 25.6 Å². The van der Waals surface area contributed by atoms with E-state index in [1.807, 2.05) is 31.2 Å². The van der Waals surface area contributed by atoms with Crippen LogP contribution in [0.25, 0.3) is 0 Å². The number of benzene rings is 1. The summed E-state index contributed by atoms with van der Waals surface area (Å²) in [5.74, 6) is 1.13. The van der Waals surface area contributed by atoms with E-state index in [4.69, 9.17) is 4.74 Å². The van der Waals surface area contributed by atoms with Gasteiger partial charge in [-0.15, -0.1) is 0 Å². The number of nitrogens with one attached hydrogen (secondary N) is 2. The minimum atomic E-state index is 0.0265. The zero-order valence-electron chi connectivity index (χ0n) is 12.5. The van der Waals surface area contributed by atoms with Gasteiger partial charge in [0, 0.05) is 12.0 Å². The van der Waals surface area contributed by atoms with Crippen molar-refractivity contribution >= 4 is 5.91 Å². The first-order valence-corrected chi connectivity index (χ1v) is 7.28. The lowest BCUT2D eigenvalue weighted by Gasteiger charge is -2.28. The van der Waals surface area contributed by atoms with Gasteiger partial charge >= 0.3 is 0 Å². The van der Waals surface area contributed by atoms with Crippen LogP contribution in [0.15, 0.2) is 24.3 Å². The van der Waals surface area contributed by atoms with Crippen molar-refractivity contribution in [1.29, 1.82) is 0 Å². The summed E-state index contributed by atoms with van der Waals surface area (Å²) in [6.45, 7) is 5.08. The smallest absolute Gasteiger partial charge is 0.223 e. The number of ether oxygens (including phenoxy) is 1. The molecule has 0 bridgehead atoms. The number of piperidine rings is 1. The average Bonchev–Trinajstić information content (AvgIpc) is 2.47. The molecule has 4 nitrogen and oxygen atoms in total. The second-order valence-corrected chi connectivity index (χ2v) is 5.58. The van der Waals surface area contributed by atoms with E-state index in [1.54, 1.807) is 7.11 Å². The molecule has 2 N–H and O–H groups in total. The highest BCUT2D eigenvalue weighted by Gasteiger charge is 2.25. The topological polar surface area (TPSA) is 50.4 Å². The van der Waals surface area contributed by atoms with Crippen LogP contribution in [0, 0.1) is 5.92 Å². The van der Waals surface area contributed by atoms with Crippen LogP contribution in [0.5, 0.6) is 5.75 Å². The SMILES string of the molecule is COc1ccc([C@@H](C)NC(=O)C2CCNC(C)C2)cc1. The number of hydrogen-bond acceptors (Lipinski definition) is 3. The molecular weight excluding hydrogens is 252 g/mol. The molecule has 1 saturated heterocycles. The van der Waals surface area contributed by atoms with Crippen molar-refractivity contribution in [2.75, 3.05) is 13.7 Å². The van der Waals surface area contributed by atoms with Gasteiger partial charge in [-0.05, 0) is 50.9 Å². The van der Waals surface area contributed by atoms with Gasteiger partial charge in [0.05, 0.1) is 13.2 Å². The number of carbonyl (C=O) groups is 1. The van der Waals surface area contributed by atoms with Gasteiger partial charge < -0.3 is 15.4 Å². The summed E-state index contributed by atoms with van der Waals surface area (Å²) in [6, 6.07) is 8.29. The third kappa shape index (κ3) is 3.73. The molecule has 0 aliphatic carbocycles. The van der Waals surface area contributed by atoms with Crippen molar-refractivity contribution in [3.8, 4) is 5.75 Å². The van der Waals surface area contributed by atoms with Crippen LogP contribution in [0.4, 0.5) is 0 Å². The van der Waals surface area contributed by atoms with E-state index >= 15 is 0 Å². The second kappa shape index (κ2) is 6.75. The summed E-state index contributed by atoms with van der Waals surface area (Å²) >= 11 is 0. The Hall–Kier alpha value is -1.55. The van der Waals surface area contributed by atoms with Crippen LogP contribution in [0.2, 0.25) is 0 Å². The largest absolute Gasteiger partial charge is 0.497 e. The van der Waals surface area contributed by atoms with Crippen molar-refractivity contribution in [2.24, 2.45) is 5.92 Å². The fourth-order valence-corrected chi connectivity index (χ4v) is 2.68. The van der Waals surface area contributed by atoms with E-state index in [2.05, 4.69) is 17.6 Å². The maximum Gasteiger partial charge on any atom is 0.223 e. The fourth-order valence-electron chi connectivity index (χ4n) is 2.68. The molecule has 1 aromatic rings. The Balaban J connectivity index is 1.92. The fraction of sp³-hybridized carbons (Fsp3) is 0.562. The van der Waals surface area contributed by atoms with E-state index < -0.39 is 0 Å². The Kier molecular flexibility index (Phi) is 5.01. The van der Waals surface area contributed by atoms with Crippen LogP contribution in [-0.2, 0) is 4.79 Å². The summed E-state index contributed by atoms with van der Waals surface area (Å²) in [4.78, 5) is 12.3. The zero-order valence-corrected chi connectivity index (χ0v) is 12.5. The van der Waals surface area contributed by atoms with Crippen molar-refractivity contribution in [2.45, 2.75) is 38.8 Å². The monoisotopic (exact) mass is 276 g/mol. The van der Waals surface area contributed by atoms with Gasteiger partial charge in [-0.2, -0.15) is 0 Å². The molecule has 1 aromatic carbocycles. The molecule has 0 saturated carbocycles. The number of rotatable bonds is 4. The highest BCUT2D eigenvalue weighted by atomic mass is 16.5. The third-order valence-corrected chi connectivity index (χ3v) is 3.97. The Morgan fingerprint density at radius 2 is 2.10 bits per heavy atom. The predicted octanol–water partition coefficient (Wildman–Crippen LogP) is 2.26. The molecule has 3 atom stereocenters. The van der Waals surface area contributed by atoms with Crippen LogP contribution in [0.3, 0.4) is 0 Å². The minimum absolute atomic E-state index is 0.0265. The average molecular weight is 276 g/mol. The Morgan fingerprint density at radius 1 is 1.40 bits per heavy atom. The molecule has 0 spiro atoms. The maximum absolute atomic E-state index is 12.3. The lowest BCUT2D eigenvalue weighted by Crippen LogP contribution is -2.42. The van der Waals surface area contributed by atoms with Gasteiger partial charge in [0.1, 0.15) is 5.75 Å². The molecule has 0 aromatic heterocycles. The van der Waals surface area contributed by atoms with Crippen LogP contribution >= 0.6 is 0 Å². The first-order chi connectivity index (χ1) is 9.60. The Bertz CT molecular complexity index is 444. The lowest BCUT2D eigenvalue weighted by atomic mass is 9.92. The zero-order chi connectivity index (χ0) is 14.5. The molecule has 1 fully saturated rings. The number of amides is 1. The third-order valence-electron chi connectivity index (χ3n) is 3.97. The van der Waals surface area contributed by atoms with E-state index in [0.29, 0.717) is 6.04 Å². The summed E-state index contributed by atoms with van der Waals surface area (Å²) < 4.78 is 5.14. The van der Waals surface area contributed by atoms with Crippen molar-refractivity contribution < 1.29 is 9.53 Å². The highest BCUT2D eigenvalue weighted by molar-refractivity contribution is 5.79. The summed E-state index contributed by atoms with van der Waals surface area (Å²) in [6.07, 6.45) is 1.84. The van der Waals surface area contributed by atoms with Gasteiger partial charge in [0.25, 0.3) is 0 Å². The summed E-state index contributed by atoms with van der Waals surface area (Å²) in [5.41, 5.74) is 1.10. The van der Waals surface area contributed by atoms with Gasteiger partial charge in [-0.3, -0.25) is 4.79 Å². The van der Waals surface area contributed by atoms with Gasteiger partial charge in [-0.1, -0.05) is 12.1 Å². The number of hydrogen-bond donors (Lipinski definition) is 2. The first kappa shape index (κ1) is 14.9. The van der Waals surface area contributed by atoms with E-state index in [-0.39, 0.29) is 17.9 Å². The molecule has 2 unspecified atom stereocenters. The van der Waals surface area contributed by atoms with E-state index in [1.165, 1.54) is 0 Å². The lowest BCUT2D eigenvalue weighted by molar-refractivity contribution is -0.126. The van der Waals surface area contributed by atoms with Gasteiger partial charge in [0.15, 0.2) is 0 Å². The Labute approximate surface area is 120 Å². The molecule has 1 amide bonds. The Morgan fingerprint density at radius 3 is 2.70 bits per heavy atom. The maximum atomic E-state index is 12.3. The molecule has 1 heterocycles. The molecule has 2 rings (SSSR count). The van der Waals surface area contributed by atoms with Gasteiger partial charge in [-0.25, -0.2) is 0 Å². The number of methoxy groups -OCH3 is 1. The molecule has 20 heavy (non-hydrogen) atoms. The second-order valence-electron chi connectivity index (χ2n) is 5.58. The standard InChI is InChI=1S/C16H24N2O2/c1-11-10-14(8-9-17-11)16(19)18-12(2)13-4-6-15(20-3)7-5-13/h4-7,11-12,14,17H,8-10H2,1-3H3,(H,18,19)/t11?,12-,14?/m1/s1. The highest BCUT2D eigenvalue weighted by Crippen LogP contribution is 2.20. The minimum Gasteiger partial charge on any atom is -0.497 e. The molecule has 1 aliphatic rings. The van der Waals surface area contributed by atoms with Gasteiger partial charge in [0.2, 0.25) is 5.91 Å². The molecule has 1 aliphatic heterocycles. The predicted molar refractivity (Wildman–Crippen MR) is 79.7 cm³/mol. The molecule has 4 heteroatoms. The quantitative estimate of drug-likeness (QED) is 0.887. The molecular formula is C16H24N2O2. The van der Waals surface area contributed by atoms with Crippen molar-refractivity contribution in [3.05, 3.63) is 29.8 Å².